The van der Waals surface area contributed by atoms with Crippen LogP contribution in [0.1, 0.15) is 22.3 Å². The van der Waals surface area contributed by atoms with Gasteiger partial charge in [-0.25, -0.2) is 8.42 Å². The van der Waals surface area contributed by atoms with Crippen LogP contribution in [0.5, 0.6) is 0 Å². The number of benzene rings is 4. The van der Waals surface area contributed by atoms with Crippen LogP contribution in [0.2, 0.25) is 0 Å². The molecule has 4 aromatic carbocycles. The molecule has 0 amide bonds. The second-order valence-electron chi connectivity index (χ2n) is 7.60. The van der Waals surface area contributed by atoms with Crippen molar-refractivity contribution in [2.75, 3.05) is 0 Å². The summed E-state index contributed by atoms with van der Waals surface area (Å²) in [6, 6.07) is 37.0. The summed E-state index contributed by atoms with van der Waals surface area (Å²) in [4.78, 5) is 0. The summed E-state index contributed by atoms with van der Waals surface area (Å²) in [7, 11) is -2.74. The Bertz CT molecular complexity index is 1250. The predicted octanol–water partition coefficient (Wildman–Crippen LogP) is 7.04. The van der Waals surface area contributed by atoms with Gasteiger partial charge in [-0.15, -0.1) is 3.89 Å². The third kappa shape index (κ3) is 18.9. The van der Waals surface area contributed by atoms with Crippen LogP contribution in [0.4, 0.5) is 3.89 Å². The molecule has 1 N–H and O–H groups in total. The Morgan fingerprint density at radius 1 is 0.579 bits per heavy atom. The summed E-state index contributed by atoms with van der Waals surface area (Å²) in [6.07, 6.45) is 0. The van der Waals surface area contributed by atoms with E-state index in [0.717, 1.165) is 9.99 Å². The van der Waals surface area contributed by atoms with Gasteiger partial charge in [0.05, 0.1) is 12.4 Å². The second-order valence-corrected chi connectivity index (χ2v) is 12.5. The van der Waals surface area contributed by atoms with Gasteiger partial charge in [0.25, 0.3) is 0 Å². The van der Waals surface area contributed by atoms with Crippen molar-refractivity contribution < 1.29 is 25.8 Å². The number of hydrogen-bond acceptors (Lipinski definition) is 5. The van der Waals surface area contributed by atoms with Crippen LogP contribution in [-0.4, -0.2) is 21.9 Å². The zero-order chi connectivity index (χ0) is 28.3. The standard InChI is InChI=1S/C7H7ClO2S.C7H7FO2S.C7H7I.C7H8O/c2*8-11(9,10)6-7-4-2-1-3-5-7;2*8-6-7-4-2-1-3-5-7/h2*1-5H,6H2;1-5H,6H2;1-5,8H,6H2. The number of rotatable bonds is 6. The fraction of sp³-hybridized carbons (Fsp3) is 0.143. The van der Waals surface area contributed by atoms with E-state index >= 15 is 0 Å². The third-order valence-electron chi connectivity index (χ3n) is 4.39. The number of hydrogen-bond donors (Lipinski definition) is 1. The molecule has 0 spiro atoms. The Kier molecular flexibility index (Phi) is 16.7. The molecular weight excluding hydrogens is 662 g/mol. The van der Waals surface area contributed by atoms with Crippen molar-refractivity contribution in [1.29, 1.82) is 0 Å². The highest BCUT2D eigenvalue weighted by Gasteiger charge is 2.07. The van der Waals surface area contributed by atoms with E-state index in [-0.39, 0.29) is 12.4 Å². The summed E-state index contributed by atoms with van der Waals surface area (Å²) in [5.74, 6) is -0.636. The van der Waals surface area contributed by atoms with Crippen LogP contribution < -0.4 is 0 Å². The van der Waals surface area contributed by atoms with Gasteiger partial charge in [0, 0.05) is 15.1 Å². The topological polar surface area (TPSA) is 88.5 Å². The first kappa shape index (κ1) is 33.7. The lowest BCUT2D eigenvalue weighted by Gasteiger charge is -1.94. The molecule has 204 valence electrons. The van der Waals surface area contributed by atoms with Gasteiger partial charge in [-0.05, 0) is 22.3 Å². The Hall–Kier alpha value is -2.31. The number of halogens is 3. The van der Waals surface area contributed by atoms with Crippen LogP contribution in [0, 0.1) is 0 Å². The third-order valence-corrected chi connectivity index (χ3v) is 6.95. The van der Waals surface area contributed by atoms with Gasteiger partial charge in [0.2, 0.25) is 9.05 Å². The van der Waals surface area contributed by atoms with Gasteiger partial charge in [-0.3, -0.25) is 0 Å². The highest BCUT2D eigenvalue weighted by Crippen LogP contribution is 2.08. The molecule has 0 unspecified atom stereocenters. The molecule has 0 heterocycles. The maximum atomic E-state index is 12.0. The number of alkyl halides is 1. The van der Waals surface area contributed by atoms with Gasteiger partial charge in [0.1, 0.15) is 5.75 Å². The zero-order valence-corrected chi connectivity index (χ0v) is 25.0. The predicted molar refractivity (Wildman–Crippen MR) is 162 cm³/mol. The minimum absolute atomic E-state index is 0.102. The lowest BCUT2D eigenvalue weighted by molar-refractivity contribution is 0.282. The van der Waals surface area contributed by atoms with E-state index in [1.165, 1.54) is 5.56 Å². The molecule has 4 rings (SSSR count). The molecule has 10 heteroatoms. The lowest BCUT2D eigenvalue weighted by Crippen LogP contribution is -1.94. The average Bonchev–Trinajstić information content (AvgIpc) is 2.90. The first-order valence-electron chi connectivity index (χ1n) is 11.2. The van der Waals surface area contributed by atoms with Crippen molar-refractivity contribution in [3.8, 4) is 0 Å². The van der Waals surface area contributed by atoms with E-state index in [1.54, 1.807) is 54.6 Å². The Balaban J connectivity index is 0.000000256. The molecule has 0 radical (unpaired) electrons. The van der Waals surface area contributed by atoms with E-state index in [2.05, 4.69) is 46.9 Å². The second kappa shape index (κ2) is 18.9. The van der Waals surface area contributed by atoms with Crippen molar-refractivity contribution in [1.82, 2.24) is 0 Å². The molecule has 0 aliphatic rings. The van der Waals surface area contributed by atoms with Gasteiger partial charge in [-0.2, -0.15) is 8.42 Å². The minimum Gasteiger partial charge on any atom is -0.392 e. The summed E-state index contributed by atoms with van der Waals surface area (Å²) in [6.45, 7) is 0.140. The van der Waals surface area contributed by atoms with Crippen LogP contribution in [0.25, 0.3) is 0 Å². The minimum atomic E-state index is -4.38. The quantitative estimate of drug-likeness (QED) is 0.133. The number of aliphatic hydroxyl groups is 1. The smallest absolute Gasteiger partial charge is 0.306 e. The Morgan fingerprint density at radius 2 is 0.895 bits per heavy atom. The monoisotopic (exact) mass is 690 g/mol. The molecular formula is C28H29ClFIO5S2. The van der Waals surface area contributed by atoms with E-state index < -0.39 is 25.0 Å². The zero-order valence-electron chi connectivity index (χ0n) is 20.4. The summed E-state index contributed by atoms with van der Waals surface area (Å²) in [5, 5.41) is 8.54. The molecule has 0 aromatic heterocycles. The summed E-state index contributed by atoms with van der Waals surface area (Å²) in [5.41, 5.74) is 3.54. The van der Waals surface area contributed by atoms with Crippen molar-refractivity contribution in [2.45, 2.75) is 22.5 Å². The van der Waals surface area contributed by atoms with E-state index in [1.807, 2.05) is 42.5 Å². The van der Waals surface area contributed by atoms with Crippen LogP contribution in [0.15, 0.2) is 121 Å². The first-order valence-corrected chi connectivity index (χ1v) is 16.7. The maximum Gasteiger partial charge on any atom is 0.306 e. The van der Waals surface area contributed by atoms with Gasteiger partial charge in [-0.1, -0.05) is 144 Å². The molecule has 0 saturated carbocycles. The fourth-order valence-electron chi connectivity index (χ4n) is 2.70. The van der Waals surface area contributed by atoms with E-state index in [4.69, 9.17) is 15.8 Å². The van der Waals surface area contributed by atoms with E-state index in [9.17, 15) is 20.7 Å². The highest BCUT2D eigenvalue weighted by molar-refractivity contribution is 14.1. The van der Waals surface area contributed by atoms with E-state index in [0.29, 0.717) is 11.1 Å². The Morgan fingerprint density at radius 3 is 1.13 bits per heavy atom. The molecule has 0 aliphatic heterocycles. The van der Waals surface area contributed by atoms with Crippen LogP contribution in [-0.2, 0) is 41.8 Å². The van der Waals surface area contributed by atoms with Gasteiger partial charge in [0.15, 0.2) is 0 Å². The maximum absolute atomic E-state index is 12.0. The highest BCUT2D eigenvalue weighted by atomic mass is 127. The molecule has 0 fully saturated rings. The molecule has 0 bridgehead atoms. The molecule has 5 nitrogen and oxygen atoms in total. The SMILES string of the molecule is ICc1ccccc1.O=S(=O)(Cl)Cc1ccccc1.O=S(=O)(F)Cc1ccccc1.OCc1ccccc1. The molecule has 0 aliphatic carbocycles. The number of aliphatic hydroxyl groups excluding tert-OH is 1. The first-order chi connectivity index (χ1) is 18.0. The molecule has 38 heavy (non-hydrogen) atoms. The Labute approximate surface area is 243 Å². The largest absolute Gasteiger partial charge is 0.392 e. The van der Waals surface area contributed by atoms with Crippen molar-refractivity contribution in [3.63, 3.8) is 0 Å². The fourth-order valence-corrected chi connectivity index (χ4v) is 4.76. The van der Waals surface area contributed by atoms with Crippen molar-refractivity contribution in [3.05, 3.63) is 144 Å². The summed E-state index contributed by atoms with van der Waals surface area (Å²) >= 11 is 2.35. The van der Waals surface area contributed by atoms with Gasteiger partial charge < -0.3 is 5.11 Å². The van der Waals surface area contributed by atoms with Gasteiger partial charge >= 0.3 is 10.2 Å². The molecule has 0 atom stereocenters. The average molecular weight is 691 g/mol. The van der Waals surface area contributed by atoms with Crippen molar-refractivity contribution >= 4 is 52.5 Å². The van der Waals surface area contributed by atoms with Crippen LogP contribution >= 0.6 is 33.3 Å². The lowest BCUT2D eigenvalue weighted by atomic mass is 10.2. The molecule has 0 saturated heterocycles. The summed E-state index contributed by atoms with van der Waals surface area (Å²) < 4.78 is 54.6. The normalized spacial score (nSPS) is 10.4. The molecule has 4 aromatic rings. The van der Waals surface area contributed by atoms with Crippen LogP contribution in [0.3, 0.4) is 0 Å². The van der Waals surface area contributed by atoms with Crippen molar-refractivity contribution in [2.24, 2.45) is 0 Å².